The molecule has 6 heteroatoms. The van der Waals surface area contributed by atoms with Crippen LogP contribution in [0.25, 0.3) is 11.0 Å². The summed E-state index contributed by atoms with van der Waals surface area (Å²) in [6.07, 6.45) is 0. The second kappa shape index (κ2) is 4.77. The molecule has 0 spiro atoms. The van der Waals surface area contributed by atoms with Crippen LogP contribution in [0.1, 0.15) is 26.3 Å². The van der Waals surface area contributed by atoms with E-state index >= 15 is 0 Å². The molecule has 2 aromatic rings. The number of rotatable bonds is 2. The van der Waals surface area contributed by atoms with Gasteiger partial charge in [0, 0.05) is 11.6 Å². The lowest BCUT2D eigenvalue weighted by molar-refractivity contribution is -0.122. The van der Waals surface area contributed by atoms with Gasteiger partial charge in [0.2, 0.25) is 11.9 Å². The van der Waals surface area contributed by atoms with Gasteiger partial charge in [-0.15, -0.1) is 0 Å². The SMILES string of the molecule is Cc1cc2c(cc1F)nc(N)n2CC(=O)NC(C)(C)C. The molecule has 1 amide bonds. The summed E-state index contributed by atoms with van der Waals surface area (Å²) in [5, 5.41) is 2.86. The minimum absolute atomic E-state index is 0.0602. The molecule has 0 unspecified atom stereocenters. The molecule has 0 fully saturated rings. The van der Waals surface area contributed by atoms with Crippen molar-refractivity contribution in [3.05, 3.63) is 23.5 Å². The van der Waals surface area contributed by atoms with Crippen LogP contribution in [0.2, 0.25) is 0 Å². The van der Waals surface area contributed by atoms with Gasteiger partial charge in [0.15, 0.2) is 0 Å². The van der Waals surface area contributed by atoms with Crippen molar-refractivity contribution < 1.29 is 9.18 Å². The summed E-state index contributed by atoms with van der Waals surface area (Å²) in [5.74, 6) is -0.291. The molecular formula is C14H19FN4O. The van der Waals surface area contributed by atoms with Crippen molar-refractivity contribution in [2.45, 2.75) is 39.8 Å². The minimum Gasteiger partial charge on any atom is -0.369 e. The lowest BCUT2D eigenvalue weighted by atomic mass is 10.1. The molecule has 5 nitrogen and oxygen atoms in total. The van der Waals surface area contributed by atoms with Crippen LogP contribution in [0.3, 0.4) is 0 Å². The Labute approximate surface area is 117 Å². The normalized spacial score (nSPS) is 11.8. The first-order valence-electron chi connectivity index (χ1n) is 6.40. The standard InChI is InChI=1S/C14H19FN4O/c1-8-5-11-10(6-9(8)15)17-13(16)19(11)7-12(20)18-14(2,3)4/h5-6H,7H2,1-4H3,(H2,16,17)(H,18,20). The van der Waals surface area contributed by atoms with Gasteiger partial charge in [-0.2, -0.15) is 0 Å². The Morgan fingerprint density at radius 1 is 1.45 bits per heavy atom. The number of nitrogens with one attached hydrogen (secondary N) is 1. The molecule has 0 aliphatic rings. The molecule has 0 aliphatic heterocycles. The lowest BCUT2D eigenvalue weighted by Gasteiger charge is -2.20. The van der Waals surface area contributed by atoms with E-state index in [2.05, 4.69) is 10.3 Å². The van der Waals surface area contributed by atoms with E-state index in [-0.39, 0.29) is 29.8 Å². The number of anilines is 1. The summed E-state index contributed by atoms with van der Waals surface area (Å²) in [7, 11) is 0. The van der Waals surface area contributed by atoms with E-state index in [1.54, 1.807) is 17.6 Å². The van der Waals surface area contributed by atoms with Gasteiger partial charge in [-0.1, -0.05) is 0 Å². The van der Waals surface area contributed by atoms with Crippen molar-refractivity contribution >= 4 is 22.9 Å². The summed E-state index contributed by atoms with van der Waals surface area (Å²) in [4.78, 5) is 16.1. The van der Waals surface area contributed by atoms with E-state index in [9.17, 15) is 9.18 Å². The smallest absolute Gasteiger partial charge is 0.240 e. The number of halogens is 1. The molecule has 20 heavy (non-hydrogen) atoms. The van der Waals surface area contributed by atoms with Gasteiger partial charge in [-0.25, -0.2) is 9.37 Å². The van der Waals surface area contributed by atoms with E-state index in [0.717, 1.165) is 0 Å². The Morgan fingerprint density at radius 3 is 2.70 bits per heavy atom. The second-order valence-corrected chi connectivity index (χ2v) is 5.94. The van der Waals surface area contributed by atoms with Crippen LogP contribution in [0.5, 0.6) is 0 Å². The van der Waals surface area contributed by atoms with Gasteiger partial charge < -0.3 is 15.6 Å². The van der Waals surface area contributed by atoms with Gasteiger partial charge in [0.05, 0.1) is 11.0 Å². The maximum atomic E-state index is 13.5. The van der Waals surface area contributed by atoms with E-state index in [1.165, 1.54) is 6.07 Å². The number of fused-ring (bicyclic) bond motifs is 1. The number of benzene rings is 1. The molecule has 108 valence electrons. The minimum atomic E-state index is -0.332. The molecule has 0 radical (unpaired) electrons. The summed E-state index contributed by atoms with van der Waals surface area (Å²) in [5.41, 5.74) is 7.11. The van der Waals surface area contributed by atoms with Crippen molar-refractivity contribution in [3.8, 4) is 0 Å². The van der Waals surface area contributed by atoms with Crippen LogP contribution in [0, 0.1) is 12.7 Å². The van der Waals surface area contributed by atoms with Crippen LogP contribution >= 0.6 is 0 Å². The average molecular weight is 278 g/mol. The number of imidazole rings is 1. The molecule has 0 aliphatic carbocycles. The molecule has 3 N–H and O–H groups in total. The molecule has 0 bridgehead atoms. The number of amides is 1. The summed E-state index contributed by atoms with van der Waals surface area (Å²) < 4.78 is 15.1. The fraction of sp³-hybridized carbons (Fsp3) is 0.429. The zero-order valence-corrected chi connectivity index (χ0v) is 12.1. The number of hydrogen-bond donors (Lipinski definition) is 2. The Kier molecular flexibility index (Phi) is 3.41. The first-order chi connectivity index (χ1) is 9.17. The molecule has 1 aromatic carbocycles. The molecule has 0 saturated carbocycles. The highest BCUT2D eigenvalue weighted by molar-refractivity contribution is 5.83. The van der Waals surface area contributed by atoms with E-state index < -0.39 is 0 Å². The second-order valence-electron chi connectivity index (χ2n) is 5.94. The first kappa shape index (κ1) is 14.3. The number of nitrogens with two attached hydrogens (primary N) is 1. The number of nitrogen functional groups attached to an aromatic ring is 1. The van der Waals surface area contributed by atoms with E-state index in [1.807, 2.05) is 20.8 Å². The van der Waals surface area contributed by atoms with Crippen LogP contribution in [-0.2, 0) is 11.3 Å². The molecule has 1 heterocycles. The number of hydrogen-bond acceptors (Lipinski definition) is 3. The lowest BCUT2D eigenvalue weighted by Crippen LogP contribution is -2.42. The van der Waals surface area contributed by atoms with Gasteiger partial charge >= 0.3 is 0 Å². The molecule has 0 saturated heterocycles. The number of aromatic nitrogens is 2. The third kappa shape index (κ3) is 2.89. The maximum absolute atomic E-state index is 13.5. The third-order valence-electron chi connectivity index (χ3n) is 2.87. The summed E-state index contributed by atoms with van der Waals surface area (Å²) in [6.45, 7) is 7.43. The van der Waals surface area contributed by atoms with Gasteiger partial charge in [-0.05, 0) is 39.3 Å². The Balaban J connectivity index is 2.37. The average Bonchev–Trinajstić information content (AvgIpc) is 2.54. The fourth-order valence-corrected chi connectivity index (χ4v) is 2.04. The highest BCUT2D eigenvalue weighted by Gasteiger charge is 2.17. The molecule has 1 aromatic heterocycles. The third-order valence-corrected chi connectivity index (χ3v) is 2.87. The maximum Gasteiger partial charge on any atom is 0.240 e. The van der Waals surface area contributed by atoms with Crippen molar-refractivity contribution in [1.29, 1.82) is 0 Å². The molecular weight excluding hydrogens is 259 g/mol. The number of carbonyl (C=O) groups is 1. The topological polar surface area (TPSA) is 72.9 Å². The highest BCUT2D eigenvalue weighted by atomic mass is 19.1. The van der Waals surface area contributed by atoms with E-state index in [0.29, 0.717) is 16.6 Å². The monoisotopic (exact) mass is 278 g/mol. The first-order valence-corrected chi connectivity index (χ1v) is 6.40. The zero-order valence-electron chi connectivity index (χ0n) is 12.1. The van der Waals surface area contributed by atoms with Gasteiger partial charge in [0.1, 0.15) is 12.4 Å². The van der Waals surface area contributed by atoms with Gasteiger partial charge in [-0.3, -0.25) is 4.79 Å². The van der Waals surface area contributed by atoms with Crippen molar-refractivity contribution in [3.63, 3.8) is 0 Å². The Bertz CT molecular complexity index is 670. The Hall–Kier alpha value is -2.11. The number of aryl methyl sites for hydroxylation is 1. The fourth-order valence-electron chi connectivity index (χ4n) is 2.04. The largest absolute Gasteiger partial charge is 0.369 e. The predicted molar refractivity (Wildman–Crippen MR) is 76.7 cm³/mol. The molecule has 0 atom stereocenters. The van der Waals surface area contributed by atoms with Crippen LogP contribution in [-0.4, -0.2) is 21.0 Å². The summed E-state index contributed by atoms with van der Waals surface area (Å²) in [6, 6.07) is 2.98. The zero-order chi connectivity index (χ0) is 15.1. The number of nitrogens with zero attached hydrogens (tertiary/aromatic N) is 2. The molecule has 2 rings (SSSR count). The van der Waals surface area contributed by atoms with Crippen LogP contribution in [0.15, 0.2) is 12.1 Å². The van der Waals surface area contributed by atoms with Crippen molar-refractivity contribution in [2.24, 2.45) is 0 Å². The van der Waals surface area contributed by atoms with Crippen molar-refractivity contribution in [1.82, 2.24) is 14.9 Å². The summed E-state index contributed by atoms with van der Waals surface area (Å²) >= 11 is 0. The van der Waals surface area contributed by atoms with Crippen LogP contribution < -0.4 is 11.1 Å². The Morgan fingerprint density at radius 2 is 2.10 bits per heavy atom. The number of carbonyl (C=O) groups excluding carboxylic acids is 1. The van der Waals surface area contributed by atoms with E-state index in [4.69, 9.17) is 5.73 Å². The highest BCUT2D eigenvalue weighted by Crippen LogP contribution is 2.21. The predicted octanol–water partition coefficient (Wildman–Crippen LogP) is 1.98. The van der Waals surface area contributed by atoms with Gasteiger partial charge in [0.25, 0.3) is 0 Å². The van der Waals surface area contributed by atoms with Crippen LogP contribution in [0.4, 0.5) is 10.3 Å². The quantitative estimate of drug-likeness (QED) is 0.882. The van der Waals surface area contributed by atoms with Crippen molar-refractivity contribution in [2.75, 3.05) is 5.73 Å².